The molecule has 1 saturated heterocycles. The van der Waals surface area contributed by atoms with Gasteiger partial charge in [-0.05, 0) is 38.4 Å². The van der Waals surface area contributed by atoms with E-state index in [4.69, 9.17) is 5.73 Å². The lowest BCUT2D eigenvalue weighted by Gasteiger charge is -2.33. The highest BCUT2D eigenvalue weighted by atomic mass is 15.2. The number of likely N-dealkylation sites (tertiary alicyclic amines) is 1. The Hall–Kier alpha value is -1.09. The lowest BCUT2D eigenvalue weighted by atomic mass is 10.0. The highest BCUT2D eigenvalue weighted by molar-refractivity contribution is 5.41. The SMILES string of the molecule is CC1CCCCN1Cc1ncccc1N. The number of aromatic nitrogens is 1. The number of nitrogen functional groups attached to an aromatic ring is 1. The summed E-state index contributed by atoms with van der Waals surface area (Å²) in [5.41, 5.74) is 7.73. The summed E-state index contributed by atoms with van der Waals surface area (Å²) in [7, 11) is 0. The first-order valence-corrected chi connectivity index (χ1v) is 5.71. The molecule has 1 aliphatic heterocycles. The van der Waals surface area contributed by atoms with Crippen LogP contribution in [-0.2, 0) is 6.54 Å². The Kier molecular flexibility index (Phi) is 3.21. The van der Waals surface area contributed by atoms with Crippen LogP contribution in [0.4, 0.5) is 5.69 Å². The van der Waals surface area contributed by atoms with Gasteiger partial charge in [-0.3, -0.25) is 9.88 Å². The Balaban J connectivity index is 2.04. The standard InChI is InChI=1S/C12H19N3/c1-10-5-2-3-8-15(10)9-12-11(13)6-4-7-14-12/h4,6-7,10H,2-3,5,8-9,13H2,1H3. The van der Waals surface area contributed by atoms with Gasteiger partial charge in [-0.1, -0.05) is 6.42 Å². The summed E-state index contributed by atoms with van der Waals surface area (Å²) in [4.78, 5) is 6.81. The van der Waals surface area contributed by atoms with Crippen LogP contribution in [0.1, 0.15) is 31.9 Å². The highest BCUT2D eigenvalue weighted by Gasteiger charge is 2.19. The third-order valence-electron chi connectivity index (χ3n) is 3.22. The van der Waals surface area contributed by atoms with Gasteiger partial charge in [0.2, 0.25) is 0 Å². The van der Waals surface area contributed by atoms with Crippen molar-refractivity contribution in [1.29, 1.82) is 0 Å². The van der Waals surface area contributed by atoms with E-state index in [-0.39, 0.29) is 0 Å². The molecule has 1 atom stereocenters. The van der Waals surface area contributed by atoms with Gasteiger partial charge in [0.25, 0.3) is 0 Å². The molecule has 3 heteroatoms. The Morgan fingerprint density at radius 3 is 3.13 bits per heavy atom. The van der Waals surface area contributed by atoms with E-state index in [0.717, 1.165) is 17.9 Å². The number of nitrogens with zero attached hydrogens (tertiary/aromatic N) is 2. The Labute approximate surface area is 91.3 Å². The first-order chi connectivity index (χ1) is 7.27. The molecule has 1 aromatic heterocycles. The smallest absolute Gasteiger partial charge is 0.0772 e. The fourth-order valence-electron chi connectivity index (χ4n) is 2.17. The minimum absolute atomic E-state index is 0.667. The summed E-state index contributed by atoms with van der Waals surface area (Å²) < 4.78 is 0. The van der Waals surface area contributed by atoms with Crippen LogP contribution in [0.5, 0.6) is 0 Å². The van der Waals surface area contributed by atoms with Crippen molar-refractivity contribution >= 4 is 5.69 Å². The van der Waals surface area contributed by atoms with E-state index in [1.807, 2.05) is 18.3 Å². The zero-order chi connectivity index (χ0) is 10.7. The normalized spacial score (nSPS) is 22.9. The number of hydrogen-bond acceptors (Lipinski definition) is 3. The third kappa shape index (κ3) is 2.48. The lowest BCUT2D eigenvalue weighted by Crippen LogP contribution is -2.37. The van der Waals surface area contributed by atoms with Crippen molar-refractivity contribution in [2.24, 2.45) is 0 Å². The second kappa shape index (κ2) is 4.62. The molecule has 1 fully saturated rings. The van der Waals surface area contributed by atoms with Crippen molar-refractivity contribution < 1.29 is 0 Å². The maximum absolute atomic E-state index is 5.89. The van der Waals surface area contributed by atoms with Gasteiger partial charge >= 0.3 is 0 Å². The van der Waals surface area contributed by atoms with Gasteiger partial charge in [0, 0.05) is 18.8 Å². The van der Waals surface area contributed by atoms with Crippen molar-refractivity contribution in [2.45, 2.75) is 38.8 Å². The van der Waals surface area contributed by atoms with Crippen molar-refractivity contribution in [1.82, 2.24) is 9.88 Å². The van der Waals surface area contributed by atoms with Crippen LogP contribution >= 0.6 is 0 Å². The third-order valence-corrected chi connectivity index (χ3v) is 3.22. The molecular weight excluding hydrogens is 186 g/mol. The Morgan fingerprint density at radius 1 is 1.53 bits per heavy atom. The van der Waals surface area contributed by atoms with Gasteiger partial charge in [0.1, 0.15) is 0 Å². The number of nitrogens with two attached hydrogens (primary N) is 1. The number of anilines is 1. The van der Waals surface area contributed by atoms with Crippen LogP contribution in [0.25, 0.3) is 0 Å². The summed E-state index contributed by atoms with van der Waals surface area (Å²) in [6, 6.07) is 4.48. The summed E-state index contributed by atoms with van der Waals surface area (Å²) >= 11 is 0. The molecular formula is C12H19N3. The molecule has 0 saturated carbocycles. The van der Waals surface area contributed by atoms with Crippen LogP contribution in [0.2, 0.25) is 0 Å². The summed E-state index contributed by atoms with van der Waals surface area (Å²) in [5, 5.41) is 0. The van der Waals surface area contributed by atoms with E-state index in [1.165, 1.54) is 25.8 Å². The molecule has 1 unspecified atom stereocenters. The van der Waals surface area contributed by atoms with Crippen molar-refractivity contribution in [3.8, 4) is 0 Å². The molecule has 2 N–H and O–H groups in total. The Morgan fingerprint density at radius 2 is 2.40 bits per heavy atom. The predicted molar refractivity (Wildman–Crippen MR) is 62.4 cm³/mol. The number of rotatable bonds is 2. The van der Waals surface area contributed by atoms with E-state index in [0.29, 0.717) is 6.04 Å². The minimum atomic E-state index is 0.667. The average Bonchev–Trinajstić information content (AvgIpc) is 2.24. The van der Waals surface area contributed by atoms with Crippen molar-refractivity contribution in [2.75, 3.05) is 12.3 Å². The summed E-state index contributed by atoms with van der Waals surface area (Å²) in [5.74, 6) is 0. The van der Waals surface area contributed by atoms with Crippen LogP contribution < -0.4 is 5.73 Å². The number of hydrogen-bond donors (Lipinski definition) is 1. The maximum atomic E-state index is 5.89. The topological polar surface area (TPSA) is 42.2 Å². The van der Waals surface area contributed by atoms with E-state index >= 15 is 0 Å². The number of pyridine rings is 1. The second-order valence-corrected chi connectivity index (χ2v) is 4.35. The van der Waals surface area contributed by atoms with E-state index in [9.17, 15) is 0 Å². The molecule has 0 aromatic carbocycles. The van der Waals surface area contributed by atoms with E-state index in [1.54, 1.807) is 0 Å². The van der Waals surface area contributed by atoms with Crippen molar-refractivity contribution in [3.63, 3.8) is 0 Å². The van der Waals surface area contributed by atoms with Crippen molar-refractivity contribution in [3.05, 3.63) is 24.0 Å². The lowest BCUT2D eigenvalue weighted by molar-refractivity contribution is 0.151. The van der Waals surface area contributed by atoms with Gasteiger partial charge in [0.05, 0.1) is 11.4 Å². The van der Waals surface area contributed by atoms with Gasteiger partial charge in [0.15, 0.2) is 0 Å². The second-order valence-electron chi connectivity index (χ2n) is 4.35. The number of piperidine rings is 1. The molecule has 2 rings (SSSR count). The molecule has 1 aromatic rings. The average molecular weight is 205 g/mol. The van der Waals surface area contributed by atoms with E-state index < -0.39 is 0 Å². The van der Waals surface area contributed by atoms with Gasteiger partial charge in [-0.25, -0.2) is 0 Å². The molecule has 0 radical (unpaired) electrons. The zero-order valence-corrected chi connectivity index (χ0v) is 9.32. The summed E-state index contributed by atoms with van der Waals surface area (Å²) in [6.07, 6.45) is 5.78. The molecule has 0 aliphatic carbocycles. The fourth-order valence-corrected chi connectivity index (χ4v) is 2.17. The van der Waals surface area contributed by atoms with Crippen LogP contribution in [0.3, 0.4) is 0 Å². The van der Waals surface area contributed by atoms with E-state index in [2.05, 4.69) is 16.8 Å². The molecule has 0 spiro atoms. The Bertz CT molecular complexity index is 324. The zero-order valence-electron chi connectivity index (χ0n) is 9.32. The fraction of sp³-hybridized carbons (Fsp3) is 0.583. The molecule has 3 nitrogen and oxygen atoms in total. The molecule has 0 amide bonds. The first kappa shape index (κ1) is 10.4. The quantitative estimate of drug-likeness (QED) is 0.803. The van der Waals surface area contributed by atoms with Gasteiger partial charge in [-0.2, -0.15) is 0 Å². The molecule has 1 aliphatic rings. The molecule has 2 heterocycles. The largest absolute Gasteiger partial charge is 0.397 e. The highest BCUT2D eigenvalue weighted by Crippen LogP contribution is 2.20. The monoisotopic (exact) mass is 205 g/mol. The molecule has 0 bridgehead atoms. The minimum Gasteiger partial charge on any atom is -0.397 e. The molecule has 82 valence electrons. The van der Waals surface area contributed by atoms with Gasteiger partial charge < -0.3 is 5.73 Å². The predicted octanol–water partition coefficient (Wildman–Crippen LogP) is 2.04. The first-order valence-electron chi connectivity index (χ1n) is 5.71. The van der Waals surface area contributed by atoms with Gasteiger partial charge in [-0.15, -0.1) is 0 Å². The maximum Gasteiger partial charge on any atom is 0.0772 e. The van der Waals surface area contributed by atoms with Crippen LogP contribution in [0, 0.1) is 0 Å². The summed E-state index contributed by atoms with van der Waals surface area (Å²) in [6.45, 7) is 4.36. The van der Waals surface area contributed by atoms with Crippen LogP contribution in [0.15, 0.2) is 18.3 Å². The van der Waals surface area contributed by atoms with Crippen LogP contribution in [-0.4, -0.2) is 22.5 Å². The molecule has 15 heavy (non-hydrogen) atoms.